The van der Waals surface area contributed by atoms with Crippen molar-refractivity contribution in [1.29, 1.82) is 0 Å². The summed E-state index contributed by atoms with van der Waals surface area (Å²) in [5.41, 5.74) is 0.584. The number of urea groups is 1. The number of thiophene rings is 1. The predicted molar refractivity (Wildman–Crippen MR) is 123 cm³/mol. The Hall–Kier alpha value is -2.72. The first kappa shape index (κ1) is 22.1. The van der Waals surface area contributed by atoms with Gasteiger partial charge in [0.05, 0.1) is 11.5 Å². The first-order valence-electron chi connectivity index (χ1n) is 11.0. The quantitative estimate of drug-likeness (QED) is 0.650. The van der Waals surface area contributed by atoms with Crippen LogP contribution in [0, 0.1) is 0 Å². The van der Waals surface area contributed by atoms with Gasteiger partial charge in [-0.25, -0.2) is 13.2 Å². The fraction of sp³-hybridized carbons (Fsp3) is 0.435. The van der Waals surface area contributed by atoms with Crippen LogP contribution in [0.15, 0.2) is 41.8 Å². The molecular weight excluding hydrogens is 462 g/mol. The zero-order valence-corrected chi connectivity index (χ0v) is 19.7. The number of imide groups is 1. The van der Waals surface area contributed by atoms with Crippen molar-refractivity contribution in [1.82, 2.24) is 15.1 Å². The number of benzene rings is 1. The van der Waals surface area contributed by atoms with E-state index < -0.39 is 45.8 Å². The van der Waals surface area contributed by atoms with Crippen molar-refractivity contribution < 1.29 is 22.8 Å². The number of sulfone groups is 1. The first-order chi connectivity index (χ1) is 15.8. The molecule has 174 valence electrons. The first-order valence-corrected chi connectivity index (χ1v) is 13.7. The van der Waals surface area contributed by atoms with Crippen LogP contribution in [0.3, 0.4) is 0 Å². The number of amides is 4. The lowest BCUT2D eigenvalue weighted by molar-refractivity contribution is -0.140. The zero-order chi connectivity index (χ0) is 23.2. The van der Waals surface area contributed by atoms with Crippen LogP contribution in [0.2, 0.25) is 0 Å². The van der Waals surface area contributed by atoms with Gasteiger partial charge in [-0.05, 0) is 42.7 Å². The molecule has 1 aliphatic carbocycles. The van der Waals surface area contributed by atoms with E-state index >= 15 is 0 Å². The van der Waals surface area contributed by atoms with Gasteiger partial charge in [-0.1, -0.05) is 30.3 Å². The van der Waals surface area contributed by atoms with Gasteiger partial charge < -0.3 is 10.2 Å². The number of carbonyl (C=O) groups is 3. The van der Waals surface area contributed by atoms with E-state index in [0.29, 0.717) is 12.8 Å². The van der Waals surface area contributed by atoms with Crippen LogP contribution in [-0.2, 0) is 37.9 Å². The van der Waals surface area contributed by atoms with Gasteiger partial charge >= 0.3 is 6.03 Å². The highest BCUT2D eigenvalue weighted by Crippen LogP contribution is 2.42. The summed E-state index contributed by atoms with van der Waals surface area (Å²) in [6, 6.07) is 10.1. The molecule has 0 bridgehead atoms. The van der Waals surface area contributed by atoms with Gasteiger partial charge in [0.15, 0.2) is 9.84 Å². The van der Waals surface area contributed by atoms with Gasteiger partial charge in [0.1, 0.15) is 12.1 Å². The van der Waals surface area contributed by atoms with Gasteiger partial charge in [0.25, 0.3) is 5.91 Å². The Morgan fingerprint density at radius 2 is 2.00 bits per heavy atom. The van der Waals surface area contributed by atoms with Gasteiger partial charge in [0, 0.05) is 23.0 Å². The van der Waals surface area contributed by atoms with Gasteiger partial charge in [-0.3, -0.25) is 14.5 Å². The molecule has 8 nitrogen and oxygen atoms in total. The van der Waals surface area contributed by atoms with Crippen molar-refractivity contribution in [2.75, 3.05) is 18.1 Å². The second-order valence-corrected chi connectivity index (χ2v) is 12.1. The normalized spacial score (nSPS) is 25.8. The molecule has 4 amide bonds. The standard InChI is InChI=1S/C23H25N3O5S2/c27-20(25(13-16-5-2-1-3-6-16)17-9-12-33(30,31)15-17)14-26-21(28)23(24-22(26)29)10-4-7-19-18(23)8-11-32-19/h1-3,5-6,8,11,17H,4,7,9-10,12-15H2,(H,24,29)/t17-,23+/m0/s1. The Balaban J connectivity index is 1.39. The monoisotopic (exact) mass is 487 g/mol. The van der Waals surface area contributed by atoms with Crippen molar-refractivity contribution in [2.24, 2.45) is 0 Å². The van der Waals surface area contributed by atoms with Gasteiger partial charge in [0.2, 0.25) is 5.91 Å². The minimum Gasteiger partial charge on any atom is -0.333 e. The molecule has 33 heavy (non-hydrogen) atoms. The third-order valence-corrected chi connectivity index (χ3v) is 9.53. The summed E-state index contributed by atoms with van der Waals surface area (Å²) in [7, 11) is -3.22. The Kier molecular flexibility index (Phi) is 5.52. The van der Waals surface area contributed by atoms with E-state index in [1.807, 2.05) is 41.8 Å². The molecule has 0 radical (unpaired) electrons. The molecule has 1 aromatic carbocycles. The highest BCUT2D eigenvalue weighted by atomic mass is 32.2. The van der Waals surface area contributed by atoms with Gasteiger partial charge in [-0.2, -0.15) is 0 Å². The molecule has 5 rings (SSSR count). The summed E-state index contributed by atoms with van der Waals surface area (Å²) in [5, 5.41) is 4.79. The number of hydrogen-bond donors (Lipinski definition) is 1. The maximum absolute atomic E-state index is 13.5. The molecule has 3 aliphatic rings. The van der Waals surface area contributed by atoms with E-state index in [-0.39, 0.29) is 18.1 Å². The number of nitrogens with one attached hydrogen (secondary N) is 1. The summed E-state index contributed by atoms with van der Waals surface area (Å²) >= 11 is 1.57. The molecule has 2 fully saturated rings. The maximum Gasteiger partial charge on any atom is 0.325 e. The topological polar surface area (TPSA) is 104 Å². The second kappa shape index (κ2) is 8.25. The van der Waals surface area contributed by atoms with Crippen molar-refractivity contribution in [3.63, 3.8) is 0 Å². The molecule has 3 heterocycles. The molecule has 0 saturated carbocycles. The second-order valence-electron chi connectivity index (χ2n) is 8.90. The average molecular weight is 488 g/mol. The van der Waals surface area contributed by atoms with Crippen molar-refractivity contribution in [3.8, 4) is 0 Å². The lowest BCUT2D eigenvalue weighted by atomic mass is 9.80. The largest absolute Gasteiger partial charge is 0.333 e. The summed E-state index contributed by atoms with van der Waals surface area (Å²) in [5.74, 6) is -0.904. The number of hydrogen-bond acceptors (Lipinski definition) is 6. The van der Waals surface area contributed by atoms with Crippen LogP contribution in [0.1, 0.15) is 35.3 Å². The fourth-order valence-electron chi connectivity index (χ4n) is 5.13. The summed E-state index contributed by atoms with van der Waals surface area (Å²) in [4.78, 5) is 43.4. The van der Waals surface area contributed by atoms with Crippen molar-refractivity contribution in [3.05, 3.63) is 57.8 Å². The number of fused-ring (bicyclic) bond motifs is 2. The number of rotatable bonds is 5. The molecule has 2 aromatic rings. The molecule has 2 saturated heterocycles. The minimum atomic E-state index is -3.22. The molecule has 10 heteroatoms. The summed E-state index contributed by atoms with van der Waals surface area (Å²) in [6.45, 7) is -0.182. The number of carbonyl (C=O) groups excluding carboxylic acids is 3. The molecule has 1 N–H and O–H groups in total. The highest BCUT2D eigenvalue weighted by Gasteiger charge is 2.55. The zero-order valence-electron chi connectivity index (χ0n) is 18.0. The Bertz CT molecular complexity index is 1210. The van der Waals surface area contributed by atoms with E-state index in [9.17, 15) is 22.8 Å². The Morgan fingerprint density at radius 3 is 2.73 bits per heavy atom. The van der Waals surface area contributed by atoms with E-state index in [0.717, 1.165) is 33.7 Å². The lowest BCUT2D eigenvalue weighted by Crippen LogP contribution is -2.49. The average Bonchev–Trinajstić information content (AvgIpc) is 3.47. The van der Waals surface area contributed by atoms with Crippen molar-refractivity contribution >= 4 is 39.0 Å². The SMILES string of the molecule is O=C1N[C@@]2(CCCc3sccc32)C(=O)N1CC(=O)N(Cc1ccccc1)[C@H]1CCS(=O)(=O)C1. The van der Waals surface area contributed by atoms with E-state index in [1.54, 1.807) is 11.3 Å². The molecule has 2 aliphatic heterocycles. The number of aryl methyl sites for hydroxylation is 1. The number of nitrogens with zero attached hydrogens (tertiary/aromatic N) is 2. The predicted octanol–water partition coefficient (Wildman–Crippen LogP) is 2.05. The van der Waals surface area contributed by atoms with Crippen molar-refractivity contribution in [2.45, 2.75) is 43.8 Å². The third kappa shape index (κ3) is 3.95. The third-order valence-electron chi connectivity index (χ3n) is 6.80. The van der Waals surface area contributed by atoms with Crippen LogP contribution >= 0.6 is 11.3 Å². The summed E-state index contributed by atoms with van der Waals surface area (Å²) in [6.07, 6.45) is 2.50. The lowest BCUT2D eigenvalue weighted by Gasteiger charge is -2.32. The molecular formula is C23H25N3O5S2. The molecule has 0 unspecified atom stereocenters. The summed E-state index contributed by atoms with van der Waals surface area (Å²) < 4.78 is 24.2. The smallest absolute Gasteiger partial charge is 0.325 e. The van der Waals surface area contributed by atoms with Crippen LogP contribution < -0.4 is 5.32 Å². The molecule has 1 spiro atoms. The Morgan fingerprint density at radius 1 is 1.21 bits per heavy atom. The van der Waals surface area contributed by atoms with E-state index in [4.69, 9.17) is 0 Å². The van der Waals surface area contributed by atoms with E-state index in [2.05, 4.69) is 5.32 Å². The Labute approximate surface area is 196 Å². The van der Waals surface area contributed by atoms with E-state index in [1.165, 1.54) is 4.90 Å². The highest BCUT2D eigenvalue weighted by molar-refractivity contribution is 7.91. The van der Waals surface area contributed by atoms with Gasteiger partial charge in [-0.15, -0.1) is 11.3 Å². The maximum atomic E-state index is 13.5. The molecule has 1 aromatic heterocycles. The van der Waals surface area contributed by atoms with Crippen LogP contribution in [0.5, 0.6) is 0 Å². The minimum absolute atomic E-state index is 0.0312. The fourth-order valence-corrected chi connectivity index (χ4v) is 7.86. The molecule has 2 atom stereocenters. The van der Waals surface area contributed by atoms with Crippen LogP contribution in [-0.4, -0.2) is 60.2 Å². The van der Waals surface area contributed by atoms with Crippen LogP contribution in [0.25, 0.3) is 0 Å². The van der Waals surface area contributed by atoms with Crippen LogP contribution in [0.4, 0.5) is 4.79 Å².